The highest BCUT2D eigenvalue weighted by Gasteiger charge is 2.44. The van der Waals surface area contributed by atoms with Crippen molar-refractivity contribution in [3.63, 3.8) is 0 Å². The van der Waals surface area contributed by atoms with E-state index in [1.165, 1.54) is 111 Å². The number of hydrogen-bond acceptors (Lipinski definition) is 4. The molecule has 0 unspecified atom stereocenters. The molecule has 4 heterocycles. The molecule has 2 aliphatic heterocycles. The Labute approximate surface area is 308 Å². The molecule has 4 fully saturated rings. The molecule has 6 nitrogen and oxygen atoms in total. The van der Waals surface area contributed by atoms with Gasteiger partial charge in [-0.05, 0) is 157 Å². The maximum atomic E-state index is 5.04. The van der Waals surface area contributed by atoms with Gasteiger partial charge in [-0.2, -0.15) is 0 Å². The van der Waals surface area contributed by atoms with Gasteiger partial charge in [0.2, 0.25) is 0 Å². The van der Waals surface area contributed by atoms with Crippen LogP contribution < -0.4 is 10.6 Å². The number of imidazole rings is 2. The standard InChI is InChI=1S/C46H54N6/c1-27-17-40(47-24-27)43-49-26-42(52-43)33-11-10-32(36-22-46(23-37(33)36)15-5-6-16-46)31-9-8-30(34-20-45(21-35(31)34)13-3-4-14-45)29-7-12-38-39(19-29)51-44(50-38)41-18-28(2)25-48-41/h7-12,19,26-28,40-41,47-48H,3-6,13-18,20-25H2,1-2H3,(H,49,52)(H,50,51)/t27-,28-,40-,41-/m0/s1. The summed E-state index contributed by atoms with van der Waals surface area (Å²) < 4.78 is 0. The zero-order valence-electron chi connectivity index (χ0n) is 31.1. The van der Waals surface area contributed by atoms with Crippen LogP contribution in [-0.4, -0.2) is 33.0 Å². The topological polar surface area (TPSA) is 81.4 Å². The summed E-state index contributed by atoms with van der Waals surface area (Å²) in [5.74, 6) is 3.59. The summed E-state index contributed by atoms with van der Waals surface area (Å²) in [6.07, 6.45) is 20.3. The summed E-state index contributed by atoms with van der Waals surface area (Å²) in [4.78, 5) is 17.5. The molecule has 2 saturated heterocycles. The fourth-order valence-corrected chi connectivity index (χ4v) is 12.1. The van der Waals surface area contributed by atoms with Gasteiger partial charge in [-0.15, -0.1) is 0 Å². The minimum atomic E-state index is 0.330. The molecule has 0 radical (unpaired) electrons. The molecule has 52 heavy (non-hydrogen) atoms. The summed E-state index contributed by atoms with van der Waals surface area (Å²) >= 11 is 0. The van der Waals surface area contributed by atoms with Crippen LogP contribution >= 0.6 is 0 Å². The molecule has 3 aromatic carbocycles. The predicted octanol–water partition coefficient (Wildman–Crippen LogP) is 9.95. The van der Waals surface area contributed by atoms with Crippen molar-refractivity contribution in [2.45, 2.75) is 116 Å². The zero-order valence-corrected chi connectivity index (χ0v) is 31.1. The third kappa shape index (κ3) is 5.10. The lowest BCUT2D eigenvalue weighted by Crippen LogP contribution is -2.16. The van der Waals surface area contributed by atoms with Crippen molar-refractivity contribution in [2.75, 3.05) is 13.1 Å². The molecule has 4 atom stereocenters. The molecular formula is C46H54N6. The molecular weight excluding hydrogens is 637 g/mol. The van der Waals surface area contributed by atoms with E-state index >= 15 is 0 Å². The second-order valence-electron chi connectivity index (χ2n) is 18.5. The van der Waals surface area contributed by atoms with Crippen LogP contribution in [0.4, 0.5) is 0 Å². The Morgan fingerprint density at radius 1 is 0.596 bits per heavy atom. The van der Waals surface area contributed by atoms with Gasteiger partial charge in [-0.3, -0.25) is 0 Å². The number of H-pyrrole nitrogens is 2. The number of aromatic amines is 2. The van der Waals surface area contributed by atoms with Crippen molar-refractivity contribution in [3.05, 3.63) is 82.6 Å². The largest absolute Gasteiger partial charge is 0.341 e. The maximum absolute atomic E-state index is 5.04. The highest BCUT2D eigenvalue weighted by atomic mass is 15.1. The molecule has 11 rings (SSSR count). The first-order valence-corrected chi connectivity index (χ1v) is 20.7. The van der Waals surface area contributed by atoms with Gasteiger partial charge < -0.3 is 20.6 Å². The lowest BCUT2D eigenvalue weighted by molar-refractivity contribution is 0.317. The van der Waals surface area contributed by atoms with E-state index in [9.17, 15) is 0 Å². The Kier molecular flexibility index (Phi) is 7.26. The predicted molar refractivity (Wildman–Crippen MR) is 210 cm³/mol. The highest BCUT2D eigenvalue weighted by molar-refractivity contribution is 5.87. The van der Waals surface area contributed by atoms with Crippen molar-refractivity contribution in [1.82, 2.24) is 30.6 Å². The Morgan fingerprint density at radius 3 is 1.73 bits per heavy atom. The van der Waals surface area contributed by atoms with Gasteiger partial charge in [0.15, 0.2) is 0 Å². The number of hydrogen-bond donors (Lipinski definition) is 4. The molecule has 0 bridgehead atoms. The first-order chi connectivity index (χ1) is 25.4. The van der Waals surface area contributed by atoms with Gasteiger partial charge in [0.25, 0.3) is 0 Å². The van der Waals surface area contributed by atoms with Gasteiger partial charge in [-0.25, -0.2) is 9.97 Å². The number of fused-ring (bicyclic) bond motifs is 3. The fourth-order valence-electron chi connectivity index (χ4n) is 12.1. The van der Waals surface area contributed by atoms with Crippen LogP contribution in [0.1, 0.15) is 124 Å². The van der Waals surface area contributed by atoms with Gasteiger partial charge in [0.05, 0.1) is 35.0 Å². The minimum Gasteiger partial charge on any atom is -0.341 e. The minimum absolute atomic E-state index is 0.330. The van der Waals surface area contributed by atoms with E-state index in [0.29, 0.717) is 34.7 Å². The van der Waals surface area contributed by atoms with Crippen molar-refractivity contribution in [3.8, 4) is 33.5 Å². The summed E-state index contributed by atoms with van der Waals surface area (Å²) in [6.45, 7) is 6.81. The summed E-state index contributed by atoms with van der Waals surface area (Å²) in [5, 5.41) is 7.36. The Morgan fingerprint density at radius 2 is 1.13 bits per heavy atom. The smallest absolute Gasteiger partial charge is 0.124 e. The molecule has 0 amide bonds. The molecule has 2 spiro atoms. The molecule has 5 aromatic rings. The molecule has 4 N–H and O–H groups in total. The number of nitrogens with zero attached hydrogens (tertiary/aromatic N) is 2. The number of rotatable bonds is 5. The van der Waals surface area contributed by atoms with E-state index in [2.05, 4.69) is 83.1 Å². The molecule has 6 aliphatic rings. The van der Waals surface area contributed by atoms with E-state index in [1.807, 2.05) is 0 Å². The molecule has 6 heteroatoms. The maximum Gasteiger partial charge on any atom is 0.124 e. The van der Waals surface area contributed by atoms with Crippen LogP contribution in [0, 0.1) is 22.7 Å². The molecule has 2 saturated carbocycles. The van der Waals surface area contributed by atoms with Crippen molar-refractivity contribution < 1.29 is 0 Å². The van der Waals surface area contributed by atoms with Crippen LogP contribution in [0.3, 0.4) is 0 Å². The molecule has 2 aromatic heterocycles. The monoisotopic (exact) mass is 690 g/mol. The SMILES string of the molecule is C[C@@H]1CN[C@H](c2ncc(-c3ccc(-c4ccc(-c5ccc6nc([C@@H]7C[C@H](C)CN7)[nH]c6c5)c5c4CC4(CCCC4)C5)c4c3CC3(CCCC3)C4)[nH]2)C1. The fraction of sp³-hybridized carbons (Fsp3) is 0.522. The van der Waals surface area contributed by atoms with Gasteiger partial charge in [0.1, 0.15) is 11.6 Å². The average molecular weight is 691 g/mol. The average Bonchev–Trinajstić information content (AvgIpc) is 3.99. The highest BCUT2D eigenvalue weighted by Crippen LogP contribution is 2.56. The second kappa shape index (κ2) is 11.9. The van der Waals surface area contributed by atoms with Crippen LogP contribution in [-0.2, 0) is 25.7 Å². The lowest BCUT2D eigenvalue weighted by Gasteiger charge is -2.22. The van der Waals surface area contributed by atoms with Crippen LogP contribution in [0.15, 0.2) is 48.7 Å². The van der Waals surface area contributed by atoms with Crippen LogP contribution in [0.25, 0.3) is 44.5 Å². The summed E-state index contributed by atoms with van der Waals surface area (Å²) in [6, 6.07) is 17.6. The Balaban J connectivity index is 1.01. The van der Waals surface area contributed by atoms with Crippen molar-refractivity contribution in [1.29, 1.82) is 0 Å². The van der Waals surface area contributed by atoms with E-state index < -0.39 is 0 Å². The number of benzene rings is 3. The second-order valence-corrected chi connectivity index (χ2v) is 18.5. The molecule has 4 aliphatic carbocycles. The van der Waals surface area contributed by atoms with Gasteiger partial charge in [-0.1, -0.05) is 69.9 Å². The third-order valence-corrected chi connectivity index (χ3v) is 14.7. The van der Waals surface area contributed by atoms with Crippen molar-refractivity contribution in [2.24, 2.45) is 22.7 Å². The van der Waals surface area contributed by atoms with Crippen molar-refractivity contribution >= 4 is 11.0 Å². The number of aromatic nitrogens is 4. The van der Waals surface area contributed by atoms with Crippen LogP contribution in [0.2, 0.25) is 0 Å². The van der Waals surface area contributed by atoms with E-state index in [-0.39, 0.29) is 0 Å². The zero-order chi connectivity index (χ0) is 34.6. The van der Waals surface area contributed by atoms with E-state index in [0.717, 1.165) is 48.6 Å². The lowest BCUT2D eigenvalue weighted by atomic mass is 9.82. The summed E-state index contributed by atoms with van der Waals surface area (Å²) in [5.41, 5.74) is 18.0. The molecule has 268 valence electrons. The van der Waals surface area contributed by atoms with E-state index in [1.54, 1.807) is 22.3 Å². The third-order valence-electron chi connectivity index (χ3n) is 14.7. The Hall–Kier alpha value is -3.74. The van der Waals surface area contributed by atoms with E-state index in [4.69, 9.17) is 9.97 Å². The quantitative estimate of drug-likeness (QED) is 0.148. The Bertz CT molecular complexity index is 2190. The number of nitrogens with one attached hydrogen (secondary N) is 4. The van der Waals surface area contributed by atoms with Gasteiger partial charge in [0, 0.05) is 5.56 Å². The first kappa shape index (κ1) is 31.8. The van der Waals surface area contributed by atoms with Gasteiger partial charge >= 0.3 is 0 Å². The normalized spacial score (nSPS) is 27.1. The van der Waals surface area contributed by atoms with Crippen LogP contribution in [0.5, 0.6) is 0 Å². The summed E-state index contributed by atoms with van der Waals surface area (Å²) in [7, 11) is 0. The first-order valence-electron chi connectivity index (χ1n) is 20.7.